The van der Waals surface area contributed by atoms with E-state index in [-0.39, 0.29) is 0 Å². The van der Waals surface area contributed by atoms with Gasteiger partial charge >= 0.3 is 0 Å². The van der Waals surface area contributed by atoms with Gasteiger partial charge in [-0.2, -0.15) is 0 Å². The minimum atomic E-state index is 0.565. The molecule has 0 spiro atoms. The summed E-state index contributed by atoms with van der Waals surface area (Å²) in [5, 5.41) is 0.742. The van der Waals surface area contributed by atoms with Crippen LogP contribution in [0.15, 0.2) is 30.6 Å². The normalized spacial score (nSPS) is 10.6. The van der Waals surface area contributed by atoms with Crippen LogP contribution in [0, 0.1) is 0 Å². The summed E-state index contributed by atoms with van der Waals surface area (Å²) in [4.78, 5) is 10.5. The fourth-order valence-corrected chi connectivity index (χ4v) is 2.43. The van der Waals surface area contributed by atoms with Crippen molar-refractivity contribution in [3.8, 4) is 0 Å². The highest BCUT2D eigenvalue weighted by Gasteiger charge is 2.12. The maximum Gasteiger partial charge on any atom is 0.137 e. The number of nitrogens with zero attached hydrogens (tertiary/aromatic N) is 3. The first-order chi connectivity index (χ1) is 9.61. The molecule has 1 aromatic carbocycles. The first-order valence-corrected chi connectivity index (χ1v) is 7.04. The molecule has 0 unspecified atom stereocenters. The molecule has 0 atom stereocenters. The van der Waals surface area contributed by atoms with Gasteiger partial charge in [-0.1, -0.05) is 37.1 Å². The van der Waals surface area contributed by atoms with Crippen LogP contribution in [0.1, 0.15) is 24.5 Å². The smallest absolute Gasteiger partial charge is 0.137 e. The van der Waals surface area contributed by atoms with E-state index in [1.54, 1.807) is 0 Å². The third-order valence-electron chi connectivity index (χ3n) is 3.13. The predicted molar refractivity (Wildman–Crippen MR) is 84.0 cm³/mol. The van der Waals surface area contributed by atoms with Gasteiger partial charge in [0.25, 0.3) is 0 Å². The van der Waals surface area contributed by atoms with Crippen LogP contribution in [0.5, 0.6) is 0 Å². The van der Waals surface area contributed by atoms with Gasteiger partial charge in [0.2, 0.25) is 0 Å². The largest absolute Gasteiger partial charge is 0.383 e. The van der Waals surface area contributed by atoms with Crippen molar-refractivity contribution < 1.29 is 0 Å². The average Bonchev–Trinajstić information content (AvgIpc) is 2.41. The maximum absolute atomic E-state index is 6.02. The predicted octanol–water partition coefficient (Wildman–Crippen LogP) is 3.30. The molecule has 1 aromatic heterocycles. The lowest BCUT2D eigenvalue weighted by molar-refractivity contribution is 0.846. The minimum Gasteiger partial charge on any atom is -0.383 e. The molecule has 2 N–H and O–H groups in total. The Hall–Kier alpha value is -1.81. The van der Waals surface area contributed by atoms with Crippen molar-refractivity contribution >= 4 is 23.2 Å². The summed E-state index contributed by atoms with van der Waals surface area (Å²) in [6.07, 6.45) is 3.40. The van der Waals surface area contributed by atoms with Crippen LogP contribution in [0.3, 0.4) is 0 Å². The first-order valence-electron chi connectivity index (χ1n) is 6.66. The molecule has 0 radical (unpaired) electrons. The molecule has 20 heavy (non-hydrogen) atoms. The van der Waals surface area contributed by atoms with Crippen LogP contribution < -0.4 is 10.6 Å². The maximum atomic E-state index is 6.02. The third-order valence-corrected chi connectivity index (χ3v) is 3.36. The minimum absolute atomic E-state index is 0.565. The van der Waals surface area contributed by atoms with Crippen molar-refractivity contribution in [2.24, 2.45) is 0 Å². The summed E-state index contributed by atoms with van der Waals surface area (Å²) < 4.78 is 0. The molecule has 1 heterocycles. The van der Waals surface area contributed by atoms with Crippen molar-refractivity contribution in [3.05, 3.63) is 46.7 Å². The molecule has 0 saturated heterocycles. The molecule has 0 amide bonds. The number of aromatic nitrogens is 2. The molecule has 4 nitrogen and oxygen atoms in total. The fraction of sp³-hybridized carbons (Fsp3) is 0.333. The van der Waals surface area contributed by atoms with Crippen molar-refractivity contribution in [3.63, 3.8) is 0 Å². The SMILES string of the molecule is CCCc1c(N)ncnc1N(C)Cc1cccc(Cl)c1. The Labute approximate surface area is 124 Å². The number of halogens is 1. The van der Waals surface area contributed by atoms with E-state index in [0.29, 0.717) is 5.82 Å². The highest BCUT2D eigenvalue weighted by atomic mass is 35.5. The molecule has 0 aliphatic carbocycles. The second kappa shape index (κ2) is 6.57. The fourth-order valence-electron chi connectivity index (χ4n) is 2.22. The van der Waals surface area contributed by atoms with Crippen LogP contribution in [0.4, 0.5) is 11.6 Å². The summed E-state index contributed by atoms with van der Waals surface area (Å²) in [7, 11) is 2.00. The first kappa shape index (κ1) is 14.6. The van der Waals surface area contributed by atoms with Crippen LogP contribution >= 0.6 is 11.6 Å². The van der Waals surface area contributed by atoms with E-state index in [1.807, 2.05) is 31.3 Å². The zero-order valence-electron chi connectivity index (χ0n) is 11.8. The van der Waals surface area contributed by atoms with Gasteiger partial charge in [0.15, 0.2) is 0 Å². The summed E-state index contributed by atoms with van der Waals surface area (Å²) in [6.45, 7) is 2.85. The number of benzene rings is 1. The molecular weight excluding hydrogens is 272 g/mol. The molecule has 0 bridgehead atoms. The van der Waals surface area contributed by atoms with Crippen molar-refractivity contribution in [1.82, 2.24) is 9.97 Å². The summed E-state index contributed by atoms with van der Waals surface area (Å²) in [6, 6.07) is 7.83. The van der Waals surface area contributed by atoms with E-state index < -0.39 is 0 Å². The molecule has 0 aliphatic heterocycles. The van der Waals surface area contributed by atoms with Gasteiger partial charge in [0.05, 0.1) is 0 Å². The third kappa shape index (κ3) is 3.39. The second-order valence-corrected chi connectivity index (χ2v) is 5.23. The Kier molecular flexibility index (Phi) is 4.79. The van der Waals surface area contributed by atoms with E-state index in [9.17, 15) is 0 Å². The molecule has 106 valence electrons. The zero-order valence-corrected chi connectivity index (χ0v) is 12.6. The Morgan fingerprint density at radius 3 is 2.80 bits per heavy atom. The number of hydrogen-bond acceptors (Lipinski definition) is 4. The highest BCUT2D eigenvalue weighted by molar-refractivity contribution is 6.30. The van der Waals surface area contributed by atoms with E-state index in [2.05, 4.69) is 21.8 Å². The molecule has 5 heteroatoms. The van der Waals surface area contributed by atoms with Gasteiger partial charge in [0.1, 0.15) is 18.0 Å². The van der Waals surface area contributed by atoms with Crippen LogP contribution in [-0.2, 0) is 13.0 Å². The lowest BCUT2D eigenvalue weighted by atomic mass is 10.1. The highest BCUT2D eigenvalue weighted by Crippen LogP contribution is 2.23. The van der Waals surface area contributed by atoms with Gasteiger partial charge in [0, 0.05) is 24.2 Å². The van der Waals surface area contributed by atoms with Crippen LogP contribution in [0.25, 0.3) is 0 Å². The Bertz CT molecular complexity index is 586. The standard InChI is InChI=1S/C15H19ClN4/c1-3-5-13-14(17)18-10-19-15(13)20(2)9-11-6-4-7-12(16)8-11/h4,6-8,10H,3,5,9H2,1-2H3,(H2,17,18,19). The van der Waals surface area contributed by atoms with E-state index in [0.717, 1.165) is 41.4 Å². The summed E-state index contributed by atoms with van der Waals surface area (Å²) in [5.41, 5.74) is 8.12. The van der Waals surface area contributed by atoms with E-state index in [4.69, 9.17) is 17.3 Å². The topological polar surface area (TPSA) is 55.0 Å². The number of nitrogens with two attached hydrogens (primary N) is 1. The molecule has 0 fully saturated rings. The van der Waals surface area contributed by atoms with E-state index >= 15 is 0 Å². The molecule has 0 aliphatic rings. The van der Waals surface area contributed by atoms with Gasteiger partial charge in [-0.15, -0.1) is 0 Å². The molecule has 2 aromatic rings. The van der Waals surface area contributed by atoms with Crippen LogP contribution in [0.2, 0.25) is 5.02 Å². The molecule has 2 rings (SSSR count). The molecular formula is C15H19ClN4. The monoisotopic (exact) mass is 290 g/mol. The zero-order chi connectivity index (χ0) is 14.5. The summed E-state index contributed by atoms with van der Waals surface area (Å²) >= 11 is 6.02. The number of rotatable bonds is 5. The Morgan fingerprint density at radius 1 is 1.30 bits per heavy atom. The lowest BCUT2D eigenvalue weighted by Gasteiger charge is -2.21. The quantitative estimate of drug-likeness (QED) is 0.918. The second-order valence-electron chi connectivity index (χ2n) is 4.80. The van der Waals surface area contributed by atoms with Gasteiger partial charge in [-0.3, -0.25) is 0 Å². The van der Waals surface area contributed by atoms with Crippen molar-refractivity contribution in [1.29, 1.82) is 0 Å². The van der Waals surface area contributed by atoms with Crippen molar-refractivity contribution in [2.45, 2.75) is 26.3 Å². The Morgan fingerprint density at radius 2 is 2.10 bits per heavy atom. The summed E-state index contributed by atoms with van der Waals surface area (Å²) in [5.74, 6) is 1.45. The number of nitrogen functional groups attached to an aromatic ring is 1. The van der Waals surface area contributed by atoms with E-state index in [1.165, 1.54) is 6.33 Å². The van der Waals surface area contributed by atoms with Gasteiger partial charge < -0.3 is 10.6 Å². The Balaban J connectivity index is 2.25. The van der Waals surface area contributed by atoms with Gasteiger partial charge in [-0.25, -0.2) is 9.97 Å². The average molecular weight is 291 g/mol. The van der Waals surface area contributed by atoms with Crippen molar-refractivity contribution in [2.75, 3.05) is 17.7 Å². The van der Waals surface area contributed by atoms with Crippen LogP contribution in [-0.4, -0.2) is 17.0 Å². The molecule has 0 saturated carbocycles. The lowest BCUT2D eigenvalue weighted by Crippen LogP contribution is -2.20. The number of hydrogen-bond donors (Lipinski definition) is 1. The number of anilines is 2. The van der Waals surface area contributed by atoms with Gasteiger partial charge in [-0.05, 0) is 24.1 Å².